The first-order valence-electron chi connectivity index (χ1n) is 10.2. The van der Waals surface area contributed by atoms with Gasteiger partial charge in [-0.25, -0.2) is 4.79 Å². The highest BCUT2D eigenvalue weighted by molar-refractivity contribution is 6.39. The average Bonchev–Trinajstić information content (AvgIpc) is 3.20. The summed E-state index contributed by atoms with van der Waals surface area (Å²) in [6.07, 6.45) is 0.318. The summed E-state index contributed by atoms with van der Waals surface area (Å²) in [7, 11) is 0. The minimum Gasteiger partial charge on any atom is -0.374 e. The van der Waals surface area contributed by atoms with Crippen molar-refractivity contribution in [3.05, 3.63) is 64.1 Å². The number of fused-ring (bicyclic) bond motifs is 1. The summed E-state index contributed by atoms with van der Waals surface area (Å²) in [6, 6.07) is 12.2. The second-order valence-corrected chi connectivity index (χ2v) is 8.51. The molecule has 3 N–H and O–H groups in total. The van der Waals surface area contributed by atoms with Gasteiger partial charge in [0.05, 0.1) is 35.0 Å². The largest absolute Gasteiger partial charge is 0.374 e. The molecule has 2 saturated heterocycles. The Morgan fingerprint density at radius 1 is 1.09 bits per heavy atom. The summed E-state index contributed by atoms with van der Waals surface area (Å²) in [5, 5.41) is 8.76. The van der Waals surface area contributed by atoms with Gasteiger partial charge in [0.2, 0.25) is 11.8 Å². The number of benzene rings is 2. The summed E-state index contributed by atoms with van der Waals surface area (Å²) in [5.41, 5.74) is 1.28. The van der Waals surface area contributed by atoms with Crippen molar-refractivity contribution >= 4 is 46.7 Å². The molecule has 0 unspecified atom stereocenters. The molecule has 4 amide bonds. The third-order valence-electron chi connectivity index (χ3n) is 5.43. The molecule has 3 atom stereocenters. The Kier molecular flexibility index (Phi) is 6.83. The lowest BCUT2D eigenvalue weighted by molar-refractivity contribution is -0.148. The van der Waals surface area contributed by atoms with Gasteiger partial charge in [-0.3, -0.25) is 9.59 Å². The van der Waals surface area contributed by atoms with Crippen molar-refractivity contribution < 1.29 is 19.1 Å². The van der Waals surface area contributed by atoms with E-state index >= 15 is 0 Å². The zero-order valence-corrected chi connectivity index (χ0v) is 18.5. The topological polar surface area (TPSA) is 99.8 Å². The molecule has 0 bridgehead atoms. The standard InChI is InChI=1S/C22H22Cl2N4O4/c23-15-7-4-8-16(24)19(15)27-22(31)25-14-9-18-20(29)26-17(21(30)28(18)10-14)12-32-11-13-5-2-1-3-6-13/h1-8,14,17-18H,9-12H2,(H,26,29)(H2,25,27,31)/t14-,17-,18-/m0/s1. The van der Waals surface area contributed by atoms with Crippen LogP contribution in [0.15, 0.2) is 48.5 Å². The van der Waals surface area contributed by atoms with E-state index in [0.29, 0.717) is 28.8 Å². The van der Waals surface area contributed by atoms with Crippen molar-refractivity contribution in [2.24, 2.45) is 0 Å². The quantitative estimate of drug-likeness (QED) is 0.596. The number of para-hydroxylation sites is 1. The number of carbonyl (C=O) groups is 3. The maximum atomic E-state index is 12.9. The molecule has 2 aliphatic heterocycles. The molecule has 0 radical (unpaired) electrons. The molecule has 8 nitrogen and oxygen atoms in total. The smallest absolute Gasteiger partial charge is 0.319 e. The van der Waals surface area contributed by atoms with Gasteiger partial charge in [-0.2, -0.15) is 0 Å². The number of ether oxygens (including phenoxy) is 1. The Balaban J connectivity index is 1.32. The van der Waals surface area contributed by atoms with Gasteiger partial charge in [0, 0.05) is 6.54 Å². The van der Waals surface area contributed by atoms with E-state index in [1.807, 2.05) is 30.3 Å². The van der Waals surface area contributed by atoms with Crippen LogP contribution >= 0.6 is 23.2 Å². The lowest BCUT2D eigenvalue weighted by atomic mass is 10.1. The van der Waals surface area contributed by atoms with Crippen LogP contribution in [0.25, 0.3) is 0 Å². The fourth-order valence-corrected chi connectivity index (χ4v) is 4.39. The molecule has 2 aliphatic rings. The second kappa shape index (κ2) is 9.77. The first-order chi connectivity index (χ1) is 15.4. The van der Waals surface area contributed by atoms with Crippen molar-refractivity contribution in [3.63, 3.8) is 0 Å². The number of nitrogens with one attached hydrogen (secondary N) is 3. The molecule has 4 rings (SSSR count). The van der Waals surface area contributed by atoms with Gasteiger partial charge < -0.3 is 25.6 Å². The summed E-state index contributed by atoms with van der Waals surface area (Å²) in [6.45, 7) is 0.654. The SMILES string of the molecule is O=C(Nc1c(Cl)cccc1Cl)N[C@H]1C[C@H]2C(=O)N[C@@H](COCc3ccccc3)C(=O)N2C1. The predicted octanol–water partition coefficient (Wildman–Crippen LogP) is 2.80. The molecule has 0 aromatic heterocycles. The second-order valence-electron chi connectivity index (χ2n) is 7.70. The number of urea groups is 1. The van der Waals surface area contributed by atoms with Crippen LogP contribution in [-0.4, -0.2) is 54.0 Å². The van der Waals surface area contributed by atoms with Crippen LogP contribution in [0, 0.1) is 0 Å². The minimum atomic E-state index is -0.753. The number of halogens is 2. The van der Waals surface area contributed by atoms with Crippen LogP contribution in [-0.2, 0) is 20.9 Å². The Labute approximate surface area is 195 Å². The molecular weight excluding hydrogens is 455 g/mol. The number of rotatable bonds is 6. The molecule has 168 valence electrons. The van der Waals surface area contributed by atoms with Crippen molar-refractivity contribution in [3.8, 4) is 0 Å². The minimum absolute atomic E-state index is 0.0757. The summed E-state index contributed by atoms with van der Waals surface area (Å²) in [4.78, 5) is 39.3. The maximum absolute atomic E-state index is 12.9. The molecular formula is C22H22Cl2N4O4. The third-order valence-corrected chi connectivity index (χ3v) is 6.06. The number of amides is 4. The van der Waals surface area contributed by atoms with Crippen LogP contribution in [0.4, 0.5) is 10.5 Å². The fourth-order valence-electron chi connectivity index (χ4n) is 3.90. The van der Waals surface area contributed by atoms with E-state index in [1.165, 1.54) is 4.90 Å². The molecule has 0 saturated carbocycles. The van der Waals surface area contributed by atoms with Gasteiger partial charge in [0.1, 0.15) is 12.1 Å². The van der Waals surface area contributed by atoms with Crippen LogP contribution in [0.1, 0.15) is 12.0 Å². The molecule has 2 aromatic carbocycles. The highest BCUT2D eigenvalue weighted by Gasteiger charge is 2.46. The van der Waals surface area contributed by atoms with Gasteiger partial charge >= 0.3 is 6.03 Å². The normalized spacial score (nSPS) is 22.3. The molecule has 2 aromatic rings. The van der Waals surface area contributed by atoms with E-state index in [0.717, 1.165) is 5.56 Å². The Morgan fingerprint density at radius 3 is 2.53 bits per heavy atom. The predicted molar refractivity (Wildman–Crippen MR) is 121 cm³/mol. The van der Waals surface area contributed by atoms with E-state index < -0.39 is 18.1 Å². The van der Waals surface area contributed by atoms with Crippen LogP contribution < -0.4 is 16.0 Å². The van der Waals surface area contributed by atoms with E-state index in [1.54, 1.807) is 18.2 Å². The van der Waals surface area contributed by atoms with E-state index in [4.69, 9.17) is 27.9 Å². The van der Waals surface area contributed by atoms with E-state index in [-0.39, 0.29) is 31.0 Å². The molecule has 0 spiro atoms. The zero-order chi connectivity index (χ0) is 22.7. The highest BCUT2D eigenvalue weighted by Crippen LogP contribution is 2.30. The summed E-state index contributed by atoms with van der Waals surface area (Å²) in [5.74, 6) is -0.474. The molecule has 0 aliphatic carbocycles. The lowest BCUT2D eigenvalue weighted by Crippen LogP contribution is -2.62. The van der Waals surface area contributed by atoms with E-state index in [9.17, 15) is 14.4 Å². The van der Waals surface area contributed by atoms with Crippen LogP contribution in [0.5, 0.6) is 0 Å². The van der Waals surface area contributed by atoms with Gasteiger partial charge in [-0.15, -0.1) is 0 Å². The summed E-state index contributed by atoms with van der Waals surface area (Å²) >= 11 is 12.2. The average molecular weight is 477 g/mol. The first kappa shape index (κ1) is 22.4. The van der Waals surface area contributed by atoms with E-state index in [2.05, 4.69) is 16.0 Å². The molecule has 10 heteroatoms. The third kappa shape index (κ3) is 4.98. The number of hydrogen-bond acceptors (Lipinski definition) is 4. The zero-order valence-electron chi connectivity index (χ0n) is 17.0. The first-order valence-corrected chi connectivity index (χ1v) is 10.9. The van der Waals surface area contributed by atoms with Crippen LogP contribution in [0.2, 0.25) is 10.0 Å². The lowest BCUT2D eigenvalue weighted by Gasteiger charge is -2.34. The maximum Gasteiger partial charge on any atom is 0.319 e. The Morgan fingerprint density at radius 2 is 1.81 bits per heavy atom. The van der Waals surface area contributed by atoms with Crippen molar-refractivity contribution in [1.82, 2.24) is 15.5 Å². The molecule has 2 fully saturated rings. The van der Waals surface area contributed by atoms with Crippen LogP contribution in [0.3, 0.4) is 0 Å². The number of piperazine rings is 1. The number of hydrogen-bond donors (Lipinski definition) is 3. The van der Waals surface area contributed by atoms with Gasteiger partial charge in [0.25, 0.3) is 0 Å². The number of nitrogens with zero attached hydrogens (tertiary/aromatic N) is 1. The van der Waals surface area contributed by atoms with Crippen molar-refractivity contribution in [2.75, 3.05) is 18.5 Å². The number of anilines is 1. The van der Waals surface area contributed by atoms with Gasteiger partial charge in [-0.05, 0) is 24.1 Å². The fraction of sp³-hybridized carbons (Fsp3) is 0.318. The molecule has 2 heterocycles. The Hall–Kier alpha value is -2.81. The van der Waals surface area contributed by atoms with Crippen molar-refractivity contribution in [2.45, 2.75) is 31.2 Å². The monoisotopic (exact) mass is 476 g/mol. The Bertz CT molecular complexity index is 1000. The van der Waals surface area contributed by atoms with Gasteiger partial charge in [0.15, 0.2) is 0 Å². The van der Waals surface area contributed by atoms with Gasteiger partial charge in [-0.1, -0.05) is 59.6 Å². The van der Waals surface area contributed by atoms with Crippen molar-refractivity contribution in [1.29, 1.82) is 0 Å². The summed E-state index contributed by atoms with van der Waals surface area (Å²) < 4.78 is 5.64. The highest BCUT2D eigenvalue weighted by atomic mass is 35.5. The molecule has 32 heavy (non-hydrogen) atoms. The number of carbonyl (C=O) groups excluding carboxylic acids is 3.